The smallest absolute Gasteiger partial charge is 0.147 e. The zero-order valence-corrected chi connectivity index (χ0v) is 9.91. The second kappa shape index (κ2) is 4.71. The summed E-state index contributed by atoms with van der Waals surface area (Å²) in [6.07, 6.45) is 4.31. The molecule has 6 heteroatoms. The van der Waals surface area contributed by atoms with Crippen molar-refractivity contribution < 1.29 is 4.74 Å². The van der Waals surface area contributed by atoms with Crippen molar-refractivity contribution >= 4 is 23.0 Å². The molecule has 1 fully saturated rings. The fraction of sp³-hybridized carbons (Fsp3) is 0.500. The molecule has 1 aliphatic heterocycles. The van der Waals surface area contributed by atoms with Crippen molar-refractivity contribution in [1.29, 1.82) is 0 Å². The van der Waals surface area contributed by atoms with Crippen LogP contribution in [-0.2, 0) is 4.74 Å². The summed E-state index contributed by atoms with van der Waals surface area (Å²) in [7, 11) is 1.99. The number of nitrogens with two attached hydrogens (primary N) is 1. The number of thiocarbonyl (C=S) groups is 1. The van der Waals surface area contributed by atoms with Crippen molar-refractivity contribution in [2.45, 2.75) is 12.5 Å². The lowest BCUT2D eigenvalue weighted by Crippen LogP contribution is -2.32. The van der Waals surface area contributed by atoms with Crippen molar-refractivity contribution in [3.63, 3.8) is 0 Å². The molecule has 0 saturated carbocycles. The summed E-state index contributed by atoms with van der Waals surface area (Å²) in [5.74, 6) is 0.815. The van der Waals surface area contributed by atoms with Gasteiger partial charge in [0.1, 0.15) is 16.5 Å². The fourth-order valence-electron chi connectivity index (χ4n) is 1.65. The van der Waals surface area contributed by atoms with Crippen LogP contribution in [0.25, 0.3) is 0 Å². The highest BCUT2D eigenvalue weighted by Gasteiger charge is 2.21. The van der Waals surface area contributed by atoms with Crippen LogP contribution in [0.1, 0.15) is 12.1 Å². The van der Waals surface area contributed by atoms with Crippen LogP contribution >= 0.6 is 12.2 Å². The van der Waals surface area contributed by atoms with Crippen molar-refractivity contribution in [1.82, 2.24) is 9.97 Å². The first-order valence-corrected chi connectivity index (χ1v) is 5.51. The molecule has 1 aromatic rings. The zero-order valence-electron chi connectivity index (χ0n) is 9.09. The van der Waals surface area contributed by atoms with E-state index in [1.807, 2.05) is 7.05 Å². The average Bonchev–Trinajstić information content (AvgIpc) is 2.81. The number of rotatable bonds is 3. The minimum Gasteiger partial charge on any atom is -0.388 e. The van der Waals surface area contributed by atoms with Crippen LogP contribution in [0.2, 0.25) is 0 Å². The lowest BCUT2D eigenvalue weighted by molar-refractivity contribution is 0.193. The summed E-state index contributed by atoms with van der Waals surface area (Å²) in [4.78, 5) is 10.8. The number of hydrogen-bond acceptors (Lipinski definition) is 5. The topological polar surface area (TPSA) is 64.3 Å². The number of aromatic nitrogens is 2. The molecule has 1 atom stereocenters. The monoisotopic (exact) mass is 238 g/mol. The van der Waals surface area contributed by atoms with Gasteiger partial charge in [-0.3, -0.25) is 0 Å². The van der Waals surface area contributed by atoms with Gasteiger partial charge in [0, 0.05) is 13.7 Å². The highest BCUT2D eigenvalue weighted by atomic mass is 32.1. The van der Waals surface area contributed by atoms with E-state index in [1.54, 1.807) is 12.4 Å². The lowest BCUT2D eigenvalue weighted by atomic mass is 10.2. The van der Waals surface area contributed by atoms with Gasteiger partial charge in [0.25, 0.3) is 0 Å². The summed E-state index contributed by atoms with van der Waals surface area (Å²) >= 11 is 4.82. The predicted molar refractivity (Wildman–Crippen MR) is 65.5 cm³/mol. The molecule has 1 aromatic heterocycles. The van der Waals surface area contributed by atoms with Gasteiger partial charge in [-0.05, 0) is 6.42 Å². The Hall–Kier alpha value is -1.27. The van der Waals surface area contributed by atoms with E-state index in [0.717, 1.165) is 25.5 Å². The molecule has 0 radical (unpaired) electrons. The number of hydrogen-bond donors (Lipinski definition) is 1. The van der Waals surface area contributed by atoms with Gasteiger partial charge >= 0.3 is 0 Å². The summed E-state index contributed by atoms with van der Waals surface area (Å²) in [6.45, 7) is 1.56. The summed E-state index contributed by atoms with van der Waals surface area (Å²) < 4.78 is 5.33. The molecule has 0 bridgehead atoms. The second-order valence-electron chi connectivity index (χ2n) is 3.75. The molecule has 0 spiro atoms. The lowest BCUT2D eigenvalue weighted by Gasteiger charge is -2.23. The van der Waals surface area contributed by atoms with Crippen LogP contribution < -0.4 is 10.6 Å². The molecule has 1 aliphatic rings. The van der Waals surface area contributed by atoms with Crippen LogP contribution in [-0.4, -0.2) is 41.3 Å². The molecule has 2 rings (SSSR count). The molecule has 2 N–H and O–H groups in total. The highest BCUT2D eigenvalue weighted by molar-refractivity contribution is 7.80. The Kier molecular flexibility index (Phi) is 3.31. The highest BCUT2D eigenvalue weighted by Crippen LogP contribution is 2.16. The first-order chi connectivity index (χ1) is 7.68. The Morgan fingerprint density at radius 1 is 1.56 bits per heavy atom. The number of ether oxygens (including phenoxy) is 1. The van der Waals surface area contributed by atoms with Gasteiger partial charge < -0.3 is 15.4 Å². The minimum atomic E-state index is 0.269. The SMILES string of the molecule is CN(c1cnc(C(N)=S)cn1)C1CCOC1. The van der Waals surface area contributed by atoms with E-state index in [1.165, 1.54) is 0 Å². The van der Waals surface area contributed by atoms with Gasteiger partial charge in [-0.1, -0.05) is 12.2 Å². The van der Waals surface area contributed by atoms with Crippen molar-refractivity contribution in [3.05, 3.63) is 18.1 Å². The van der Waals surface area contributed by atoms with Gasteiger partial charge in [0.05, 0.1) is 25.0 Å². The molecule has 0 amide bonds. The Morgan fingerprint density at radius 2 is 2.38 bits per heavy atom. The molecule has 1 unspecified atom stereocenters. The largest absolute Gasteiger partial charge is 0.388 e. The van der Waals surface area contributed by atoms with Gasteiger partial charge in [0.15, 0.2) is 0 Å². The second-order valence-corrected chi connectivity index (χ2v) is 4.19. The van der Waals surface area contributed by atoms with Gasteiger partial charge in [-0.25, -0.2) is 9.97 Å². The van der Waals surface area contributed by atoms with E-state index in [-0.39, 0.29) is 4.99 Å². The zero-order chi connectivity index (χ0) is 11.5. The molecule has 2 heterocycles. The third kappa shape index (κ3) is 2.28. The first-order valence-electron chi connectivity index (χ1n) is 5.11. The average molecular weight is 238 g/mol. The Morgan fingerprint density at radius 3 is 2.88 bits per heavy atom. The maximum atomic E-state index is 5.46. The van der Waals surface area contributed by atoms with E-state index >= 15 is 0 Å². The molecule has 0 aliphatic carbocycles. The van der Waals surface area contributed by atoms with E-state index < -0.39 is 0 Å². The quantitative estimate of drug-likeness (QED) is 0.766. The Labute approximate surface area is 99.6 Å². The third-order valence-electron chi connectivity index (χ3n) is 2.71. The molecule has 1 saturated heterocycles. The van der Waals surface area contributed by atoms with E-state index in [2.05, 4.69) is 14.9 Å². The van der Waals surface area contributed by atoms with E-state index in [0.29, 0.717) is 11.7 Å². The van der Waals surface area contributed by atoms with Gasteiger partial charge in [-0.2, -0.15) is 0 Å². The maximum absolute atomic E-state index is 5.46. The molecular formula is C10H14N4OS. The minimum absolute atomic E-state index is 0.269. The standard InChI is InChI=1S/C10H14N4OS/c1-14(7-2-3-15-6-7)9-5-12-8(4-13-9)10(11)16/h4-5,7H,2-3,6H2,1H3,(H2,11,16). The van der Waals surface area contributed by atoms with Crippen molar-refractivity contribution in [2.75, 3.05) is 25.2 Å². The van der Waals surface area contributed by atoms with Crippen LogP contribution in [0.3, 0.4) is 0 Å². The van der Waals surface area contributed by atoms with Crippen LogP contribution in [0, 0.1) is 0 Å². The number of likely N-dealkylation sites (N-methyl/N-ethyl adjacent to an activating group) is 1. The summed E-state index contributed by atoms with van der Waals surface area (Å²) in [6, 6.07) is 0.380. The fourth-order valence-corrected chi connectivity index (χ4v) is 1.75. The van der Waals surface area contributed by atoms with Crippen LogP contribution in [0.15, 0.2) is 12.4 Å². The number of anilines is 1. The van der Waals surface area contributed by atoms with Crippen molar-refractivity contribution in [3.8, 4) is 0 Å². The molecule has 16 heavy (non-hydrogen) atoms. The van der Waals surface area contributed by atoms with Gasteiger partial charge in [0.2, 0.25) is 0 Å². The van der Waals surface area contributed by atoms with Crippen LogP contribution in [0.5, 0.6) is 0 Å². The van der Waals surface area contributed by atoms with Crippen molar-refractivity contribution in [2.24, 2.45) is 5.73 Å². The predicted octanol–water partition coefficient (Wildman–Crippen LogP) is 0.336. The number of nitrogens with zero attached hydrogens (tertiary/aromatic N) is 3. The Bertz CT molecular complexity index is 375. The van der Waals surface area contributed by atoms with E-state index in [9.17, 15) is 0 Å². The Balaban J connectivity index is 2.11. The normalized spacial score (nSPS) is 19.7. The van der Waals surface area contributed by atoms with E-state index in [4.69, 9.17) is 22.7 Å². The molecule has 0 aromatic carbocycles. The molecule has 5 nitrogen and oxygen atoms in total. The first kappa shape index (κ1) is 11.2. The van der Waals surface area contributed by atoms with Crippen LogP contribution in [0.4, 0.5) is 5.82 Å². The summed E-state index contributed by atoms with van der Waals surface area (Å²) in [5.41, 5.74) is 6.01. The third-order valence-corrected chi connectivity index (χ3v) is 2.91. The molecule has 86 valence electrons. The maximum Gasteiger partial charge on any atom is 0.147 e. The molecular weight excluding hydrogens is 224 g/mol. The van der Waals surface area contributed by atoms with Gasteiger partial charge in [-0.15, -0.1) is 0 Å². The summed E-state index contributed by atoms with van der Waals surface area (Å²) in [5, 5.41) is 0.